The van der Waals surface area contributed by atoms with Gasteiger partial charge in [0.25, 0.3) is 0 Å². The Balaban J connectivity index is 2.55. The maximum Gasteiger partial charge on any atom is 0.419 e. The van der Waals surface area contributed by atoms with Crippen molar-refractivity contribution in [2.75, 3.05) is 7.11 Å². The van der Waals surface area contributed by atoms with Gasteiger partial charge >= 0.3 is 6.18 Å². The first kappa shape index (κ1) is 14.4. The number of nitrogens with two attached hydrogens (primary N) is 1. The van der Waals surface area contributed by atoms with Crippen LogP contribution in [0.15, 0.2) is 30.6 Å². The largest absolute Gasteiger partial charge is 0.496 e. The number of hydrogen-bond acceptors (Lipinski definition) is 3. The Kier molecular flexibility index (Phi) is 3.71. The maximum atomic E-state index is 12.6. The van der Waals surface area contributed by atoms with Crippen LogP contribution in [0.2, 0.25) is 0 Å². The molecule has 0 aliphatic heterocycles. The van der Waals surface area contributed by atoms with E-state index in [4.69, 9.17) is 10.5 Å². The van der Waals surface area contributed by atoms with E-state index >= 15 is 0 Å². The molecule has 2 aromatic rings. The van der Waals surface area contributed by atoms with E-state index in [-0.39, 0.29) is 0 Å². The third-order valence-corrected chi connectivity index (χ3v) is 2.88. The molecule has 0 unspecified atom stereocenters. The first-order chi connectivity index (χ1) is 9.34. The number of methoxy groups -OCH3 is 1. The van der Waals surface area contributed by atoms with Crippen molar-refractivity contribution in [1.29, 1.82) is 0 Å². The molecule has 4 nitrogen and oxygen atoms in total. The predicted molar refractivity (Wildman–Crippen MR) is 67.7 cm³/mol. The molecule has 1 aromatic carbocycles. The van der Waals surface area contributed by atoms with Crippen LogP contribution in [0.1, 0.15) is 24.1 Å². The van der Waals surface area contributed by atoms with Gasteiger partial charge in [0.15, 0.2) is 0 Å². The Labute approximate surface area is 114 Å². The number of halogens is 3. The predicted octanol–water partition coefficient (Wildman–Crippen LogP) is 2.92. The van der Waals surface area contributed by atoms with Crippen LogP contribution in [-0.4, -0.2) is 16.9 Å². The SMILES string of the molecule is COc1cccc(-n2cc(C(F)(F)F)cn2)c1[C@@H](C)N. The Hall–Kier alpha value is -2.02. The van der Waals surface area contributed by atoms with Crippen molar-refractivity contribution in [3.05, 3.63) is 41.7 Å². The number of ether oxygens (including phenoxy) is 1. The number of alkyl halides is 3. The molecule has 0 saturated carbocycles. The summed E-state index contributed by atoms with van der Waals surface area (Å²) in [5.74, 6) is 0.515. The lowest BCUT2D eigenvalue weighted by Crippen LogP contribution is -2.12. The average Bonchev–Trinajstić information content (AvgIpc) is 2.86. The van der Waals surface area contributed by atoms with Gasteiger partial charge in [0.1, 0.15) is 5.75 Å². The van der Waals surface area contributed by atoms with Gasteiger partial charge < -0.3 is 10.5 Å². The lowest BCUT2D eigenvalue weighted by atomic mass is 10.1. The molecule has 2 N–H and O–H groups in total. The third-order valence-electron chi connectivity index (χ3n) is 2.88. The summed E-state index contributed by atoms with van der Waals surface area (Å²) in [6.07, 6.45) is -2.71. The second-order valence-corrected chi connectivity index (χ2v) is 4.35. The zero-order valence-electron chi connectivity index (χ0n) is 11.0. The van der Waals surface area contributed by atoms with Crippen molar-refractivity contribution in [3.63, 3.8) is 0 Å². The van der Waals surface area contributed by atoms with Gasteiger partial charge in [-0.1, -0.05) is 6.07 Å². The van der Waals surface area contributed by atoms with Crippen LogP contribution < -0.4 is 10.5 Å². The molecule has 0 aliphatic carbocycles. The lowest BCUT2D eigenvalue weighted by molar-refractivity contribution is -0.137. The number of nitrogens with zero attached hydrogens (tertiary/aromatic N) is 2. The number of benzene rings is 1. The highest BCUT2D eigenvalue weighted by molar-refractivity contribution is 5.51. The molecule has 1 heterocycles. The summed E-state index contributed by atoms with van der Waals surface area (Å²) in [6, 6.07) is 4.62. The van der Waals surface area contributed by atoms with Crippen LogP contribution in [0.4, 0.5) is 13.2 Å². The van der Waals surface area contributed by atoms with Gasteiger partial charge in [0.2, 0.25) is 0 Å². The van der Waals surface area contributed by atoms with Crippen molar-refractivity contribution in [2.45, 2.75) is 19.1 Å². The molecular weight excluding hydrogens is 271 g/mol. The standard InChI is InChI=1S/C13H14F3N3O/c1-8(17)12-10(4-3-5-11(12)20-2)19-7-9(6-18-19)13(14,15)16/h3-8H,17H2,1-2H3/t8-/m1/s1. The topological polar surface area (TPSA) is 53.1 Å². The highest BCUT2D eigenvalue weighted by Crippen LogP contribution is 2.32. The van der Waals surface area contributed by atoms with E-state index in [1.807, 2.05) is 0 Å². The average molecular weight is 285 g/mol. The summed E-state index contributed by atoms with van der Waals surface area (Å²) < 4.78 is 44.2. The molecule has 0 aliphatic rings. The highest BCUT2D eigenvalue weighted by atomic mass is 19.4. The summed E-state index contributed by atoms with van der Waals surface area (Å²) in [5, 5.41) is 3.76. The number of aromatic nitrogens is 2. The third kappa shape index (κ3) is 2.62. The molecule has 1 aromatic heterocycles. The molecule has 0 spiro atoms. The number of rotatable bonds is 3. The minimum absolute atomic E-state index is 0.403. The van der Waals surface area contributed by atoms with Crippen LogP contribution in [0, 0.1) is 0 Å². The Morgan fingerprint density at radius 3 is 2.55 bits per heavy atom. The number of hydrogen-bond donors (Lipinski definition) is 1. The summed E-state index contributed by atoms with van der Waals surface area (Å²) in [6.45, 7) is 1.73. The van der Waals surface area contributed by atoms with Gasteiger partial charge in [-0.25, -0.2) is 4.68 Å². The van der Waals surface area contributed by atoms with Crippen molar-refractivity contribution < 1.29 is 17.9 Å². The molecule has 1 atom stereocenters. The molecule has 0 saturated heterocycles. The Morgan fingerprint density at radius 1 is 1.35 bits per heavy atom. The molecule has 108 valence electrons. The molecule has 20 heavy (non-hydrogen) atoms. The zero-order valence-corrected chi connectivity index (χ0v) is 11.0. The van der Waals surface area contributed by atoms with Gasteiger partial charge in [-0.3, -0.25) is 0 Å². The minimum atomic E-state index is -4.42. The molecule has 0 fully saturated rings. The smallest absolute Gasteiger partial charge is 0.419 e. The molecule has 7 heteroatoms. The molecule has 0 bridgehead atoms. The molecule has 0 radical (unpaired) electrons. The van der Waals surface area contributed by atoms with Gasteiger partial charge in [0.05, 0.1) is 24.6 Å². The van der Waals surface area contributed by atoms with E-state index in [1.165, 1.54) is 7.11 Å². The summed E-state index contributed by atoms with van der Waals surface area (Å²) >= 11 is 0. The quantitative estimate of drug-likeness (QED) is 0.943. The normalized spacial score (nSPS) is 13.3. The first-order valence-electron chi connectivity index (χ1n) is 5.89. The Morgan fingerprint density at radius 2 is 2.05 bits per heavy atom. The zero-order chi connectivity index (χ0) is 14.9. The second-order valence-electron chi connectivity index (χ2n) is 4.35. The minimum Gasteiger partial charge on any atom is -0.496 e. The van der Waals surface area contributed by atoms with Crippen molar-refractivity contribution in [3.8, 4) is 11.4 Å². The monoisotopic (exact) mass is 285 g/mol. The highest BCUT2D eigenvalue weighted by Gasteiger charge is 2.32. The van der Waals surface area contributed by atoms with Gasteiger partial charge in [-0.15, -0.1) is 0 Å². The van der Waals surface area contributed by atoms with Crippen LogP contribution in [-0.2, 0) is 6.18 Å². The summed E-state index contributed by atoms with van der Waals surface area (Å²) in [5.41, 5.74) is 6.14. The fourth-order valence-corrected chi connectivity index (χ4v) is 1.97. The maximum absolute atomic E-state index is 12.6. The summed E-state index contributed by atoms with van der Waals surface area (Å²) in [7, 11) is 1.48. The molecule has 0 amide bonds. The van der Waals surface area contributed by atoms with Crippen molar-refractivity contribution in [1.82, 2.24) is 9.78 Å². The fourth-order valence-electron chi connectivity index (χ4n) is 1.97. The van der Waals surface area contributed by atoms with E-state index < -0.39 is 17.8 Å². The van der Waals surface area contributed by atoms with Crippen molar-refractivity contribution in [2.24, 2.45) is 5.73 Å². The first-order valence-corrected chi connectivity index (χ1v) is 5.89. The van der Waals surface area contributed by atoms with E-state index in [0.29, 0.717) is 17.0 Å². The summed E-state index contributed by atoms with van der Waals surface area (Å²) in [4.78, 5) is 0. The van der Waals surface area contributed by atoms with E-state index in [0.717, 1.165) is 17.1 Å². The van der Waals surface area contributed by atoms with Gasteiger partial charge in [-0.05, 0) is 19.1 Å². The van der Waals surface area contributed by atoms with Crippen LogP contribution >= 0.6 is 0 Å². The van der Waals surface area contributed by atoms with E-state index in [1.54, 1.807) is 25.1 Å². The van der Waals surface area contributed by atoms with Crippen LogP contribution in [0.25, 0.3) is 5.69 Å². The van der Waals surface area contributed by atoms with E-state index in [9.17, 15) is 13.2 Å². The fraction of sp³-hybridized carbons (Fsp3) is 0.308. The lowest BCUT2D eigenvalue weighted by Gasteiger charge is -2.16. The van der Waals surface area contributed by atoms with E-state index in [2.05, 4.69) is 5.10 Å². The van der Waals surface area contributed by atoms with Gasteiger partial charge in [0, 0.05) is 17.8 Å². The molecular formula is C13H14F3N3O. The van der Waals surface area contributed by atoms with Gasteiger partial charge in [-0.2, -0.15) is 18.3 Å². The Bertz CT molecular complexity index is 605. The van der Waals surface area contributed by atoms with Crippen molar-refractivity contribution >= 4 is 0 Å². The van der Waals surface area contributed by atoms with Crippen LogP contribution in [0.3, 0.4) is 0 Å². The van der Waals surface area contributed by atoms with Crippen LogP contribution in [0.5, 0.6) is 5.75 Å². The molecule has 2 rings (SSSR count). The second kappa shape index (κ2) is 5.16.